The second-order valence-electron chi connectivity index (χ2n) is 9.44. The maximum Gasteiger partial charge on any atom is 0.333 e. The fraction of sp³-hybridized carbons (Fsp3) is 0.808. The molecule has 0 saturated carbocycles. The molecular formula is C26H51N3O4. The summed E-state index contributed by atoms with van der Waals surface area (Å²) in [6.07, 6.45) is 7.56. The molecule has 0 radical (unpaired) electrons. The predicted octanol–water partition coefficient (Wildman–Crippen LogP) is 4.41. The van der Waals surface area contributed by atoms with E-state index in [0.717, 1.165) is 6.04 Å². The van der Waals surface area contributed by atoms with Crippen LogP contribution >= 0.6 is 0 Å². The number of likely N-dealkylation sites (tertiary alicyclic amines) is 1. The second kappa shape index (κ2) is 19.6. The van der Waals surface area contributed by atoms with Crippen molar-refractivity contribution < 1.29 is 19.1 Å². The van der Waals surface area contributed by atoms with Gasteiger partial charge in [-0.25, -0.2) is 4.79 Å². The van der Waals surface area contributed by atoms with Gasteiger partial charge in [0.2, 0.25) is 12.3 Å². The van der Waals surface area contributed by atoms with Crippen molar-refractivity contribution in [2.75, 3.05) is 26.7 Å². The van der Waals surface area contributed by atoms with Gasteiger partial charge < -0.3 is 19.9 Å². The van der Waals surface area contributed by atoms with Crippen molar-refractivity contribution in [1.29, 1.82) is 0 Å². The lowest BCUT2D eigenvalue weighted by Crippen LogP contribution is -2.43. The quantitative estimate of drug-likeness (QED) is 0.307. The number of rotatable bonds is 9. The molecule has 1 saturated heterocycles. The minimum absolute atomic E-state index is 0.0629. The first kappa shape index (κ1) is 33.3. The highest BCUT2D eigenvalue weighted by Gasteiger charge is 2.22. The number of piperidine rings is 1. The summed E-state index contributed by atoms with van der Waals surface area (Å²) in [6, 6.07) is 0.524. The number of likely N-dealkylation sites (N-methyl/N-ethyl adjacent to an activating group) is 1. The van der Waals surface area contributed by atoms with Gasteiger partial charge >= 0.3 is 5.97 Å². The van der Waals surface area contributed by atoms with Crippen molar-refractivity contribution in [3.8, 4) is 0 Å². The number of nitrogens with zero attached hydrogens (tertiary/aromatic N) is 2. The maximum atomic E-state index is 11.9. The van der Waals surface area contributed by atoms with Crippen LogP contribution in [-0.4, -0.2) is 73.0 Å². The van der Waals surface area contributed by atoms with Gasteiger partial charge in [0.1, 0.15) is 0 Å². The molecule has 7 heteroatoms. The summed E-state index contributed by atoms with van der Waals surface area (Å²) in [5, 5.41) is 2.34. The number of carbonyl (C=O) groups is 3. The summed E-state index contributed by atoms with van der Waals surface area (Å²) >= 11 is 0. The second-order valence-corrected chi connectivity index (χ2v) is 9.44. The van der Waals surface area contributed by atoms with Gasteiger partial charge in [-0.1, -0.05) is 46.6 Å². The minimum atomic E-state index is -0.387. The van der Waals surface area contributed by atoms with Crippen LogP contribution in [0.1, 0.15) is 88.0 Å². The Balaban J connectivity index is 0. The zero-order chi connectivity index (χ0) is 26.0. The van der Waals surface area contributed by atoms with Crippen LogP contribution in [0, 0.1) is 5.92 Å². The number of hydrogen-bond donors (Lipinski definition) is 1. The van der Waals surface area contributed by atoms with Crippen LogP contribution in [0.2, 0.25) is 0 Å². The average molecular weight is 470 g/mol. The summed E-state index contributed by atoms with van der Waals surface area (Å²) in [6.45, 7) is 20.6. The monoisotopic (exact) mass is 469 g/mol. The van der Waals surface area contributed by atoms with E-state index >= 15 is 0 Å². The molecule has 0 aromatic rings. The topological polar surface area (TPSA) is 79.0 Å². The first-order chi connectivity index (χ1) is 15.4. The van der Waals surface area contributed by atoms with Crippen molar-refractivity contribution in [3.05, 3.63) is 11.6 Å². The van der Waals surface area contributed by atoms with Gasteiger partial charge in [-0.3, -0.25) is 9.59 Å². The zero-order valence-electron chi connectivity index (χ0n) is 22.9. The molecule has 1 atom stereocenters. The Bertz CT molecular complexity index is 568. The van der Waals surface area contributed by atoms with Gasteiger partial charge in [0.15, 0.2) is 0 Å². The van der Waals surface area contributed by atoms with Gasteiger partial charge in [0.05, 0.1) is 18.7 Å². The van der Waals surface area contributed by atoms with Gasteiger partial charge in [0, 0.05) is 18.7 Å². The molecule has 1 heterocycles. The van der Waals surface area contributed by atoms with E-state index < -0.39 is 0 Å². The highest BCUT2D eigenvalue weighted by Crippen LogP contribution is 2.14. The molecule has 33 heavy (non-hydrogen) atoms. The average Bonchev–Trinajstić information content (AvgIpc) is 2.76. The van der Waals surface area contributed by atoms with Crippen LogP contribution in [0.4, 0.5) is 0 Å². The summed E-state index contributed by atoms with van der Waals surface area (Å²) in [4.78, 5) is 38.1. The number of esters is 1. The number of amides is 2. The summed E-state index contributed by atoms with van der Waals surface area (Å²) in [5.74, 6) is -0.485. The van der Waals surface area contributed by atoms with Crippen molar-refractivity contribution >= 4 is 18.3 Å². The lowest BCUT2D eigenvalue weighted by molar-refractivity contribution is -0.142. The lowest BCUT2D eigenvalue weighted by atomic mass is 10.00. The third-order valence-corrected chi connectivity index (χ3v) is 5.07. The number of carbonyl (C=O) groups excluding carboxylic acids is 3. The molecule has 0 aliphatic carbocycles. The third-order valence-electron chi connectivity index (χ3n) is 5.07. The van der Waals surface area contributed by atoms with E-state index in [-0.39, 0.29) is 36.5 Å². The third kappa shape index (κ3) is 16.4. The normalized spacial score (nSPS) is 15.1. The smallest absolute Gasteiger partial charge is 0.333 e. The van der Waals surface area contributed by atoms with Crippen molar-refractivity contribution in [2.24, 2.45) is 5.92 Å². The predicted molar refractivity (Wildman–Crippen MR) is 137 cm³/mol. The molecule has 7 nitrogen and oxygen atoms in total. The molecule has 1 rings (SSSR count). The van der Waals surface area contributed by atoms with Gasteiger partial charge in [0.25, 0.3) is 0 Å². The van der Waals surface area contributed by atoms with Crippen LogP contribution < -0.4 is 5.32 Å². The van der Waals surface area contributed by atoms with E-state index in [1.807, 2.05) is 13.8 Å². The molecule has 0 aromatic heterocycles. The first-order valence-electron chi connectivity index (χ1n) is 12.5. The van der Waals surface area contributed by atoms with E-state index in [9.17, 15) is 14.4 Å². The Morgan fingerprint density at radius 3 is 1.91 bits per heavy atom. The fourth-order valence-electron chi connectivity index (χ4n) is 3.24. The molecule has 0 unspecified atom stereocenters. The highest BCUT2D eigenvalue weighted by molar-refractivity contribution is 5.88. The van der Waals surface area contributed by atoms with Crippen LogP contribution in [0.5, 0.6) is 0 Å². The lowest BCUT2D eigenvalue weighted by Gasteiger charge is -2.29. The minimum Gasteiger partial charge on any atom is -0.460 e. The van der Waals surface area contributed by atoms with Crippen molar-refractivity contribution in [1.82, 2.24) is 15.1 Å². The number of hydrogen-bond acceptors (Lipinski definition) is 5. The highest BCUT2D eigenvalue weighted by atomic mass is 16.5. The van der Waals surface area contributed by atoms with Crippen LogP contribution in [-0.2, 0) is 19.1 Å². The van der Waals surface area contributed by atoms with Gasteiger partial charge in [-0.2, -0.15) is 0 Å². The Morgan fingerprint density at radius 2 is 1.55 bits per heavy atom. The van der Waals surface area contributed by atoms with Crippen molar-refractivity contribution in [2.45, 2.75) is 106 Å². The van der Waals surface area contributed by atoms with Gasteiger partial charge in [-0.15, -0.1) is 0 Å². The van der Waals surface area contributed by atoms with Crippen LogP contribution in [0.15, 0.2) is 11.6 Å². The molecule has 194 valence electrons. The summed E-state index contributed by atoms with van der Waals surface area (Å²) in [7, 11) is 1.65. The molecule has 0 spiro atoms. The van der Waals surface area contributed by atoms with E-state index in [2.05, 4.69) is 37.9 Å². The van der Waals surface area contributed by atoms with E-state index in [1.54, 1.807) is 33.9 Å². The Kier molecular flexibility index (Phi) is 19.7. The molecule has 0 aromatic carbocycles. The van der Waals surface area contributed by atoms with E-state index in [1.165, 1.54) is 43.7 Å². The van der Waals surface area contributed by atoms with Crippen LogP contribution in [0.25, 0.3) is 0 Å². The molecule has 1 N–H and O–H groups in total. The molecule has 1 aliphatic heterocycles. The molecule has 0 bridgehead atoms. The Hall–Kier alpha value is -1.89. The molecule has 2 amide bonds. The van der Waals surface area contributed by atoms with E-state index in [0.29, 0.717) is 12.0 Å². The first-order valence-corrected chi connectivity index (χ1v) is 12.5. The van der Waals surface area contributed by atoms with Crippen molar-refractivity contribution in [3.63, 3.8) is 0 Å². The molecular weight excluding hydrogens is 418 g/mol. The van der Waals surface area contributed by atoms with E-state index in [4.69, 9.17) is 4.74 Å². The largest absolute Gasteiger partial charge is 0.460 e. The summed E-state index contributed by atoms with van der Waals surface area (Å²) in [5.41, 5.74) is 0.463. The molecule has 1 fully saturated rings. The SMILES string of the molecule is C/C(=C\[C@H](C(C)C)N(C)C(=O)CNC=O)C(=O)OC(C)C.CC(C)N1CCCCC1.CCC. The fourth-order valence-corrected chi connectivity index (χ4v) is 3.24. The van der Waals surface area contributed by atoms with Crippen LogP contribution in [0.3, 0.4) is 0 Å². The standard InChI is InChI=1S/C15H26N2O4.C8H17N.C3H8/c1-10(2)13(17(6)14(19)8-16-9-18)7-12(5)15(20)21-11(3)4;1-8(2)9-6-4-3-5-7-9;1-3-2/h7,9-11,13H,8H2,1-6H3,(H,16,18);8H,3-7H2,1-2H3;3H2,1-2H3/b12-7+;;/t13-;;/m1../s1. The summed E-state index contributed by atoms with van der Waals surface area (Å²) < 4.78 is 5.13. The van der Waals surface area contributed by atoms with Gasteiger partial charge in [-0.05, 0) is 66.5 Å². The Labute approximate surface area is 203 Å². The maximum absolute atomic E-state index is 11.9. The Morgan fingerprint density at radius 1 is 1.03 bits per heavy atom. The zero-order valence-corrected chi connectivity index (χ0v) is 22.9. The number of nitrogens with one attached hydrogen (secondary N) is 1. The molecule has 1 aliphatic rings. The number of ether oxygens (including phenoxy) is 1.